The molecule has 160 valence electrons. The molecule has 6 nitrogen and oxygen atoms in total. The van der Waals surface area contributed by atoms with Gasteiger partial charge in [-0.05, 0) is 42.4 Å². The second-order valence-electron chi connectivity index (χ2n) is 8.23. The van der Waals surface area contributed by atoms with Crippen molar-refractivity contribution < 1.29 is 9.53 Å². The van der Waals surface area contributed by atoms with Gasteiger partial charge in [0.15, 0.2) is 0 Å². The topological polar surface area (TPSA) is 48.0 Å². The first-order valence-corrected chi connectivity index (χ1v) is 10.9. The summed E-state index contributed by atoms with van der Waals surface area (Å²) >= 11 is 0. The summed E-state index contributed by atoms with van der Waals surface area (Å²) in [5.41, 5.74) is 4.29. The maximum Gasteiger partial charge on any atom is 0.251 e. The highest BCUT2D eigenvalue weighted by atomic mass is 16.5. The number of likely N-dealkylation sites (N-methyl/N-ethyl adjacent to an activating group) is 1. The number of carbonyl (C=O) groups is 1. The Kier molecular flexibility index (Phi) is 7.00. The maximum absolute atomic E-state index is 12.6. The molecule has 0 radical (unpaired) electrons. The third kappa shape index (κ3) is 5.59. The van der Waals surface area contributed by atoms with Gasteiger partial charge in [-0.1, -0.05) is 24.3 Å². The SMILES string of the molecule is CN1CCN(Cc2cccc(CNC(=O)c3ccc(N4CCOCC4)cc3)c2)CC1. The van der Waals surface area contributed by atoms with E-state index in [1.165, 1.54) is 5.56 Å². The largest absolute Gasteiger partial charge is 0.378 e. The van der Waals surface area contributed by atoms with Gasteiger partial charge in [0.25, 0.3) is 5.91 Å². The molecular weight excluding hydrogens is 376 g/mol. The van der Waals surface area contributed by atoms with Crippen LogP contribution in [-0.4, -0.2) is 75.2 Å². The molecule has 0 aromatic heterocycles. The third-order valence-electron chi connectivity index (χ3n) is 5.95. The fraction of sp³-hybridized carbons (Fsp3) is 0.458. The predicted molar refractivity (Wildman–Crippen MR) is 120 cm³/mol. The Labute approximate surface area is 179 Å². The highest BCUT2D eigenvalue weighted by Crippen LogP contribution is 2.17. The van der Waals surface area contributed by atoms with Gasteiger partial charge < -0.3 is 19.9 Å². The minimum absolute atomic E-state index is 0.0343. The number of amides is 1. The van der Waals surface area contributed by atoms with E-state index < -0.39 is 0 Å². The number of anilines is 1. The maximum atomic E-state index is 12.6. The van der Waals surface area contributed by atoms with E-state index in [0.717, 1.165) is 70.3 Å². The van der Waals surface area contributed by atoms with Crippen molar-refractivity contribution in [3.8, 4) is 0 Å². The molecule has 0 unspecified atom stereocenters. The van der Waals surface area contributed by atoms with Gasteiger partial charge >= 0.3 is 0 Å². The van der Waals surface area contributed by atoms with Crippen molar-refractivity contribution in [1.29, 1.82) is 0 Å². The van der Waals surface area contributed by atoms with Crippen LogP contribution in [0.3, 0.4) is 0 Å². The molecule has 6 heteroatoms. The van der Waals surface area contributed by atoms with Crippen molar-refractivity contribution in [1.82, 2.24) is 15.1 Å². The first kappa shape index (κ1) is 20.8. The number of nitrogens with one attached hydrogen (secondary N) is 1. The summed E-state index contributed by atoms with van der Waals surface area (Å²) in [5, 5.41) is 3.06. The monoisotopic (exact) mass is 408 g/mol. The minimum atomic E-state index is -0.0343. The van der Waals surface area contributed by atoms with Crippen LogP contribution < -0.4 is 10.2 Å². The molecule has 1 amide bonds. The molecule has 0 atom stereocenters. The molecule has 2 aromatic carbocycles. The van der Waals surface area contributed by atoms with Gasteiger partial charge in [0.1, 0.15) is 0 Å². The van der Waals surface area contributed by atoms with Crippen molar-refractivity contribution in [2.45, 2.75) is 13.1 Å². The van der Waals surface area contributed by atoms with Crippen molar-refractivity contribution in [2.24, 2.45) is 0 Å². The van der Waals surface area contributed by atoms with Crippen LogP contribution in [0.15, 0.2) is 48.5 Å². The number of benzene rings is 2. The number of carbonyl (C=O) groups excluding carboxylic acids is 1. The molecule has 0 saturated carbocycles. The Balaban J connectivity index is 1.29. The summed E-state index contributed by atoms with van der Waals surface area (Å²) in [5.74, 6) is -0.0343. The van der Waals surface area contributed by atoms with Crippen LogP contribution in [0.4, 0.5) is 5.69 Å². The zero-order valence-corrected chi connectivity index (χ0v) is 17.8. The normalized spacial score (nSPS) is 18.4. The highest BCUT2D eigenvalue weighted by Gasteiger charge is 2.14. The van der Waals surface area contributed by atoms with Crippen molar-refractivity contribution in [2.75, 3.05) is 64.4 Å². The smallest absolute Gasteiger partial charge is 0.251 e. The lowest BCUT2D eigenvalue weighted by Crippen LogP contribution is -2.43. The Hall–Kier alpha value is -2.41. The molecule has 0 aliphatic carbocycles. The number of rotatable bonds is 6. The fourth-order valence-electron chi connectivity index (χ4n) is 4.03. The Bertz CT molecular complexity index is 825. The number of hydrogen-bond acceptors (Lipinski definition) is 5. The van der Waals surface area contributed by atoms with E-state index in [-0.39, 0.29) is 5.91 Å². The number of ether oxygens (including phenoxy) is 1. The molecule has 2 aliphatic heterocycles. The molecule has 2 heterocycles. The van der Waals surface area contributed by atoms with E-state index >= 15 is 0 Å². The Morgan fingerprint density at radius 3 is 2.37 bits per heavy atom. The van der Waals surface area contributed by atoms with Crippen LogP contribution in [-0.2, 0) is 17.8 Å². The zero-order chi connectivity index (χ0) is 20.8. The van der Waals surface area contributed by atoms with Gasteiger partial charge in [-0.25, -0.2) is 0 Å². The van der Waals surface area contributed by atoms with Gasteiger partial charge in [0, 0.05) is 63.6 Å². The van der Waals surface area contributed by atoms with Crippen LogP contribution in [0, 0.1) is 0 Å². The molecule has 0 bridgehead atoms. The van der Waals surface area contributed by atoms with Crippen molar-refractivity contribution in [3.63, 3.8) is 0 Å². The summed E-state index contributed by atoms with van der Waals surface area (Å²) in [7, 11) is 2.18. The molecule has 1 N–H and O–H groups in total. The number of hydrogen-bond donors (Lipinski definition) is 1. The highest BCUT2D eigenvalue weighted by molar-refractivity contribution is 5.94. The second kappa shape index (κ2) is 10.1. The second-order valence-corrected chi connectivity index (χ2v) is 8.23. The van der Waals surface area contributed by atoms with Crippen LogP contribution >= 0.6 is 0 Å². The number of nitrogens with zero attached hydrogens (tertiary/aromatic N) is 3. The molecular formula is C24H32N4O2. The van der Waals surface area contributed by atoms with E-state index in [1.54, 1.807) is 0 Å². The van der Waals surface area contributed by atoms with Gasteiger partial charge in [0.2, 0.25) is 0 Å². The third-order valence-corrected chi connectivity index (χ3v) is 5.95. The summed E-state index contributed by atoms with van der Waals surface area (Å²) in [4.78, 5) is 19.7. The van der Waals surface area contributed by atoms with E-state index in [4.69, 9.17) is 4.74 Å². The average Bonchev–Trinajstić information content (AvgIpc) is 2.80. The lowest BCUT2D eigenvalue weighted by Gasteiger charge is -2.32. The average molecular weight is 409 g/mol. The summed E-state index contributed by atoms with van der Waals surface area (Å²) in [6.45, 7) is 9.30. The van der Waals surface area contributed by atoms with E-state index in [9.17, 15) is 4.79 Å². The van der Waals surface area contributed by atoms with Crippen LogP contribution in [0.1, 0.15) is 21.5 Å². The Morgan fingerprint density at radius 1 is 0.933 bits per heavy atom. The summed E-state index contributed by atoms with van der Waals surface area (Å²) < 4.78 is 5.40. The number of piperazine rings is 1. The minimum Gasteiger partial charge on any atom is -0.378 e. The van der Waals surface area contributed by atoms with Gasteiger partial charge in [-0.2, -0.15) is 0 Å². The van der Waals surface area contributed by atoms with Crippen LogP contribution in [0.25, 0.3) is 0 Å². The van der Waals surface area contributed by atoms with Crippen LogP contribution in [0.5, 0.6) is 0 Å². The van der Waals surface area contributed by atoms with Gasteiger partial charge in [-0.15, -0.1) is 0 Å². The standard InChI is InChI=1S/C24H32N4O2/c1-26-9-11-27(12-10-26)19-21-4-2-3-20(17-21)18-25-24(29)22-5-7-23(8-6-22)28-13-15-30-16-14-28/h2-8,17H,9-16,18-19H2,1H3,(H,25,29). The quantitative estimate of drug-likeness (QED) is 0.794. The molecule has 2 aromatic rings. The van der Waals surface area contributed by atoms with Gasteiger partial charge in [-0.3, -0.25) is 9.69 Å². The lowest BCUT2D eigenvalue weighted by molar-refractivity contribution is 0.0951. The summed E-state index contributed by atoms with van der Waals surface area (Å²) in [6.07, 6.45) is 0. The van der Waals surface area contributed by atoms with E-state index in [2.05, 4.69) is 51.3 Å². The molecule has 2 saturated heterocycles. The predicted octanol–water partition coefficient (Wildman–Crippen LogP) is 2.20. The molecule has 30 heavy (non-hydrogen) atoms. The van der Waals surface area contributed by atoms with E-state index in [1.807, 2.05) is 24.3 Å². The summed E-state index contributed by atoms with van der Waals surface area (Å²) in [6, 6.07) is 16.4. The molecule has 0 spiro atoms. The lowest BCUT2D eigenvalue weighted by atomic mass is 10.1. The first-order valence-electron chi connectivity index (χ1n) is 10.9. The van der Waals surface area contributed by atoms with E-state index in [0.29, 0.717) is 12.1 Å². The Morgan fingerprint density at radius 2 is 1.63 bits per heavy atom. The molecule has 2 fully saturated rings. The van der Waals surface area contributed by atoms with Crippen molar-refractivity contribution >= 4 is 11.6 Å². The van der Waals surface area contributed by atoms with Crippen molar-refractivity contribution in [3.05, 3.63) is 65.2 Å². The zero-order valence-electron chi connectivity index (χ0n) is 17.8. The van der Waals surface area contributed by atoms with Gasteiger partial charge in [0.05, 0.1) is 13.2 Å². The number of morpholine rings is 1. The molecule has 4 rings (SSSR count). The molecule has 2 aliphatic rings. The van der Waals surface area contributed by atoms with Crippen LogP contribution in [0.2, 0.25) is 0 Å². The fourth-order valence-corrected chi connectivity index (χ4v) is 4.03. The first-order chi connectivity index (χ1) is 14.7.